The number of hydrogen-bond donors (Lipinski definition) is 2. The topological polar surface area (TPSA) is 75.8 Å². The van der Waals surface area contributed by atoms with Crippen molar-refractivity contribution >= 4 is 5.91 Å². The number of ether oxygens (including phenoxy) is 1. The van der Waals surface area contributed by atoms with E-state index in [9.17, 15) is 9.90 Å². The number of aliphatic hydroxyl groups excluding tert-OH is 1. The van der Waals surface area contributed by atoms with E-state index in [2.05, 4.69) is 13.8 Å². The molecule has 3 fully saturated rings. The largest absolute Gasteiger partial charge is 0.393 e. The first-order valence-corrected chi connectivity index (χ1v) is 7.77. The summed E-state index contributed by atoms with van der Waals surface area (Å²) in [5.41, 5.74) is 5.49. The van der Waals surface area contributed by atoms with E-state index in [1.54, 1.807) is 0 Å². The standard InChI is InChI=1S/C15H26N2O3/c1-14(2)12-11(4-3-9-20-12)15(14,16)13(19)17-7-5-10(18)6-8-17/h10-12,18H,3-9,16H2,1-2H3. The van der Waals surface area contributed by atoms with Gasteiger partial charge < -0.3 is 20.5 Å². The number of nitrogens with zero attached hydrogens (tertiary/aromatic N) is 1. The number of amides is 1. The second-order valence-electron chi connectivity index (χ2n) is 7.15. The molecule has 0 aromatic carbocycles. The minimum atomic E-state index is -0.805. The normalized spacial score (nSPS) is 40.9. The molecule has 114 valence electrons. The highest BCUT2D eigenvalue weighted by molar-refractivity contribution is 5.89. The van der Waals surface area contributed by atoms with Crippen molar-refractivity contribution in [2.24, 2.45) is 17.1 Å². The zero-order valence-electron chi connectivity index (χ0n) is 12.5. The predicted molar refractivity (Wildman–Crippen MR) is 75.0 cm³/mol. The van der Waals surface area contributed by atoms with Gasteiger partial charge in [0.15, 0.2) is 0 Å². The predicted octanol–water partition coefficient (Wildman–Crippen LogP) is 0.502. The van der Waals surface area contributed by atoms with Gasteiger partial charge in [0.05, 0.1) is 12.2 Å². The first kappa shape index (κ1) is 14.3. The van der Waals surface area contributed by atoms with Crippen molar-refractivity contribution in [1.29, 1.82) is 0 Å². The van der Waals surface area contributed by atoms with Crippen LogP contribution in [0.25, 0.3) is 0 Å². The van der Waals surface area contributed by atoms with E-state index in [-0.39, 0.29) is 29.4 Å². The summed E-state index contributed by atoms with van der Waals surface area (Å²) in [6.07, 6.45) is 3.13. The Morgan fingerprint density at radius 1 is 1.30 bits per heavy atom. The van der Waals surface area contributed by atoms with Crippen LogP contribution < -0.4 is 5.73 Å². The molecule has 0 aromatic heterocycles. The third-order valence-electron chi connectivity index (χ3n) is 5.79. The maximum atomic E-state index is 12.9. The molecule has 0 spiro atoms. The fourth-order valence-corrected chi connectivity index (χ4v) is 4.34. The Balaban J connectivity index is 1.79. The van der Waals surface area contributed by atoms with Gasteiger partial charge in [-0.25, -0.2) is 0 Å². The number of rotatable bonds is 1. The molecule has 2 aliphatic heterocycles. The average molecular weight is 282 g/mol. The number of carbonyl (C=O) groups excluding carboxylic acids is 1. The second-order valence-corrected chi connectivity index (χ2v) is 7.15. The summed E-state index contributed by atoms with van der Waals surface area (Å²) in [6.45, 7) is 6.12. The number of likely N-dealkylation sites (tertiary alicyclic amines) is 1. The SMILES string of the molecule is CC1(C)C2OCCCC2C1(N)C(=O)N1CCC(O)CC1. The van der Waals surface area contributed by atoms with E-state index in [0.717, 1.165) is 19.4 Å². The zero-order valence-corrected chi connectivity index (χ0v) is 12.5. The average Bonchev–Trinajstić information content (AvgIpc) is 2.46. The lowest BCUT2D eigenvalue weighted by Gasteiger charge is -2.66. The molecule has 0 radical (unpaired) electrons. The lowest BCUT2D eigenvalue weighted by molar-refractivity contribution is -0.230. The maximum absolute atomic E-state index is 12.9. The monoisotopic (exact) mass is 282 g/mol. The zero-order chi connectivity index (χ0) is 14.5. The number of hydrogen-bond acceptors (Lipinski definition) is 4. The lowest BCUT2D eigenvalue weighted by atomic mass is 9.46. The Labute approximate surface area is 120 Å². The molecule has 1 aliphatic carbocycles. The van der Waals surface area contributed by atoms with Gasteiger partial charge in [0, 0.05) is 31.0 Å². The summed E-state index contributed by atoms with van der Waals surface area (Å²) < 4.78 is 5.85. The summed E-state index contributed by atoms with van der Waals surface area (Å²) in [5, 5.41) is 9.58. The van der Waals surface area contributed by atoms with Crippen LogP contribution in [0.3, 0.4) is 0 Å². The third kappa shape index (κ3) is 1.76. The number of fused-ring (bicyclic) bond motifs is 1. The van der Waals surface area contributed by atoms with Crippen LogP contribution in [0.1, 0.15) is 39.5 Å². The quantitative estimate of drug-likeness (QED) is 0.734. The van der Waals surface area contributed by atoms with E-state index in [4.69, 9.17) is 10.5 Å². The van der Waals surface area contributed by atoms with Gasteiger partial charge in [0.25, 0.3) is 0 Å². The lowest BCUT2D eigenvalue weighted by Crippen LogP contribution is -2.82. The minimum Gasteiger partial charge on any atom is -0.393 e. The maximum Gasteiger partial charge on any atom is 0.243 e. The van der Waals surface area contributed by atoms with Crippen LogP contribution in [0.5, 0.6) is 0 Å². The van der Waals surface area contributed by atoms with E-state index in [1.807, 2.05) is 4.90 Å². The van der Waals surface area contributed by atoms with Crippen LogP contribution >= 0.6 is 0 Å². The van der Waals surface area contributed by atoms with Gasteiger partial charge in [-0.3, -0.25) is 4.79 Å². The minimum absolute atomic E-state index is 0.0566. The molecule has 1 saturated carbocycles. The van der Waals surface area contributed by atoms with Crippen molar-refractivity contribution in [1.82, 2.24) is 4.90 Å². The first-order valence-electron chi connectivity index (χ1n) is 7.77. The highest BCUT2D eigenvalue weighted by Crippen LogP contribution is 2.58. The Kier molecular flexibility index (Phi) is 3.35. The molecule has 3 N–H and O–H groups in total. The van der Waals surface area contributed by atoms with Crippen LogP contribution in [0.4, 0.5) is 0 Å². The summed E-state index contributed by atoms with van der Waals surface area (Å²) in [7, 11) is 0. The number of nitrogens with two attached hydrogens (primary N) is 1. The van der Waals surface area contributed by atoms with Crippen molar-refractivity contribution in [3.05, 3.63) is 0 Å². The molecular formula is C15H26N2O3. The molecule has 3 aliphatic rings. The van der Waals surface area contributed by atoms with E-state index < -0.39 is 5.54 Å². The smallest absolute Gasteiger partial charge is 0.243 e. The molecule has 1 amide bonds. The van der Waals surface area contributed by atoms with Gasteiger partial charge in [-0.15, -0.1) is 0 Å². The van der Waals surface area contributed by atoms with E-state index >= 15 is 0 Å². The molecule has 3 atom stereocenters. The van der Waals surface area contributed by atoms with Crippen molar-refractivity contribution in [2.75, 3.05) is 19.7 Å². The van der Waals surface area contributed by atoms with Crippen LogP contribution in [-0.4, -0.2) is 53.4 Å². The Bertz CT molecular complexity index is 404. The molecule has 2 saturated heterocycles. The van der Waals surface area contributed by atoms with E-state index in [0.29, 0.717) is 25.9 Å². The summed E-state index contributed by atoms with van der Waals surface area (Å²) in [4.78, 5) is 14.8. The van der Waals surface area contributed by atoms with Gasteiger partial charge in [0.2, 0.25) is 5.91 Å². The van der Waals surface area contributed by atoms with Crippen LogP contribution in [0.2, 0.25) is 0 Å². The van der Waals surface area contributed by atoms with Crippen LogP contribution in [-0.2, 0) is 9.53 Å². The molecule has 0 aromatic rings. The van der Waals surface area contributed by atoms with Crippen molar-refractivity contribution in [2.45, 2.75) is 57.3 Å². The van der Waals surface area contributed by atoms with Crippen molar-refractivity contribution in [3.63, 3.8) is 0 Å². The molecule has 3 rings (SSSR count). The van der Waals surface area contributed by atoms with Gasteiger partial charge >= 0.3 is 0 Å². The molecule has 5 heteroatoms. The van der Waals surface area contributed by atoms with Gasteiger partial charge in [0.1, 0.15) is 5.54 Å². The van der Waals surface area contributed by atoms with Crippen LogP contribution in [0.15, 0.2) is 0 Å². The summed E-state index contributed by atoms with van der Waals surface area (Å²) in [5.74, 6) is 0.201. The molecule has 20 heavy (non-hydrogen) atoms. The fourth-order valence-electron chi connectivity index (χ4n) is 4.34. The molecule has 0 bridgehead atoms. The molecule has 2 heterocycles. The highest BCUT2D eigenvalue weighted by Gasteiger charge is 2.70. The van der Waals surface area contributed by atoms with Gasteiger partial charge in [-0.1, -0.05) is 13.8 Å². The highest BCUT2D eigenvalue weighted by atomic mass is 16.5. The number of aliphatic hydroxyl groups is 1. The second kappa shape index (κ2) is 4.68. The Hall–Kier alpha value is -0.650. The number of piperidine rings is 1. The summed E-state index contributed by atoms with van der Waals surface area (Å²) in [6, 6.07) is 0. The molecule has 3 unspecified atom stereocenters. The Morgan fingerprint density at radius 2 is 1.95 bits per heavy atom. The van der Waals surface area contributed by atoms with Gasteiger partial charge in [-0.05, 0) is 25.7 Å². The number of carbonyl (C=O) groups is 1. The summed E-state index contributed by atoms with van der Waals surface area (Å²) >= 11 is 0. The van der Waals surface area contributed by atoms with Crippen molar-refractivity contribution < 1.29 is 14.6 Å². The third-order valence-corrected chi connectivity index (χ3v) is 5.79. The Morgan fingerprint density at radius 3 is 2.60 bits per heavy atom. The molecule has 5 nitrogen and oxygen atoms in total. The van der Waals surface area contributed by atoms with Crippen molar-refractivity contribution in [3.8, 4) is 0 Å². The van der Waals surface area contributed by atoms with Gasteiger partial charge in [-0.2, -0.15) is 0 Å². The first-order chi connectivity index (χ1) is 9.39. The fraction of sp³-hybridized carbons (Fsp3) is 0.933. The molecular weight excluding hydrogens is 256 g/mol. The van der Waals surface area contributed by atoms with E-state index in [1.165, 1.54) is 0 Å². The van der Waals surface area contributed by atoms with Crippen LogP contribution in [0, 0.1) is 11.3 Å².